The second kappa shape index (κ2) is 7.17. The average molecular weight is 334 g/mol. The first kappa shape index (κ1) is 15.4. The van der Waals surface area contributed by atoms with E-state index in [-0.39, 0.29) is 23.1 Å². The smallest absolute Gasteiger partial charge is 0.234 e. The molecule has 1 saturated heterocycles. The summed E-state index contributed by atoms with van der Waals surface area (Å²) < 4.78 is 0. The zero-order valence-corrected chi connectivity index (χ0v) is 12.7. The van der Waals surface area contributed by atoms with Gasteiger partial charge >= 0.3 is 0 Å². The zero-order chi connectivity index (χ0) is 14.5. The monoisotopic (exact) mass is 333 g/mol. The minimum atomic E-state index is -0.239. The highest BCUT2D eigenvalue weighted by molar-refractivity contribution is 8.00. The van der Waals surface area contributed by atoms with Crippen molar-refractivity contribution < 1.29 is 9.59 Å². The molecule has 0 radical (unpaired) electrons. The molecular weight excluding hydrogens is 321 g/mol. The number of nitrogens with one attached hydrogen (secondary N) is 3. The first-order chi connectivity index (χ1) is 9.54. The molecule has 20 heavy (non-hydrogen) atoms. The van der Waals surface area contributed by atoms with E-state index in [1.54, 1.807) is 18.2 Å². The first-order valence-electron chi connectivity index (χ1n) is 5.94. The Kier molecular flexibility index (Phi) is 5.54. The van der Waals surface area contributed by atoms with Gasteiger partial charge in [0.15, 0.2) is 0 Å². The molecule has 1 fully saturated rings. The van der Waals surface area contributed by atoms with Crippen LogP contribution in [0.1, 0.15) is 6.42 Å². The van der Waals surface area contributed by atoms with Crippen LogP contribution in [-0.2, 0) is 9.59 Å². The van der Waals surface area contributed by atoms with Crippen molar-refractivity contribution in [1.29, 1.82) is 0 Å². The maximum Gasteiger partial charge on any atom is 0.234 e. The minimum absolute atomic E-state index is 0.0143. The molecule has 1 atom stereocenters. The van der Waals surface area contributed by atoms with Gasteiger partial charge in [-0.3, -0.25) is 14.9 Å². The fourth-order valence-electron chi connectivity index (χ4n) is 1.63. The third-order valence-electron chi connectivity index (χ3n) is 2.56. The van der Waals surface area contributed by atoms with Gasteiger partial charge < -0.3 is 10.6 Å². The van der Waals surface area contributed by atoms with Crippen molar-refractivity contribution in [1.82, 2.24) is 10.6 Å². The lowest BCUT2D eigenvalue weighted by atomic mass is 10.3. The summed E-state index contributed by atoms with van der Waals surface area (Å²) in [6, 6.07) is 4.86. The van der Waals surface area contributed by atoms with E-state index in [9.17, 15) is 9.59 Å². The second-order valence-electron chi connectivity index (χ2n) is 4.14. The molecule has 0 saturated carbocycles. The highest BCUT2D eigenvalue weighted by Crippen LogP contribution is 2.25. The fourth-order valence-corrected chi connectivity index (χ4v) is 2.80. The van der Waals surface area contributed by atoms with Crippen molar-refractivity contribution in [3.05, 3.63) is 28.2 Å². The minimum Gasteiger partial charge on any atom is -0.332 e. The summed E-state index contributed by atoms with van der Waals surface area (Å²) in [5.74, 6) is -0.0267. The predicted octanol–water partition coefficient (Wildman–Crippen LogP) is 2.06. The summed E-state index contributed by atoms with van der Waals surface area (Å²) >= 11 is 13.1. The third kappa shape index (κ3) is 4.56. The fraction of sp³-hybridized carbons (Fsp3) is 0.333. The number of carbonyl (C=O) groups excluding carboxylic acids is 2. The van der Waals surface area contributed by atoms with E-state index in [1.165, 1.54) is 11.8 Å². The van der Waals surface area contributed by atoms with E-state index < -0.39 is 0 Å². The van der Waals surface area contributed by atoms with Crippen LogP contribution < -0.4 is 16.0 Å². The lowest BCUT2D eigenvalue weighted by Crippen LogP contribution is -2.49. The Bertz CT molecular complexity index is 527. The number of benzene rings is 1. The van der Waals surface area contributed by atoms with E-state index in [0.29, 0.717) is 28.7 Å². The van der Waals surface area contributed by atoms with Gasteiger partial charge in [-0.15, -0.1) is 11.8 Å². The number of halogens is 2. The van der Waals surface area contributed by atoms with Crippen molar-refractivity contribution in [2.24, 2.45) is 0 Å². The topological polar surface area (TPSA) is 70.2 Å². The van der Waals surface area contributed by atoms with Gasteiger partial charge in [0.25, 0.3) is 0 Å². The molecule has 108 valence electrons. The molecule has 3 N–H and O–H groups in total. The molecule has 5 nitrogen and oxygen atoms in total. The predicted molar refractivity (Wildman–Crippen MR) is 82.1 cm³/mol. The number of hydrogen-bond donors (Lipinski definition) is 3. The number of carbonyl (C=O) groups is 2. The van der Waals surface area contributed by atoms with Crippen LogP contribution in [0.15, 0.2) is 18.2 Å². The summed E-state index contributed by atoms with van der Waals surface area (Å²) in [7, 11) is 0. The molecule has 1 aromatic carbocycles. The highest BCUT2D eigenvalue weighted by atomic mass is 35.5. The van der Waals surface area contributed by atoms with Crippen molar-refractivity contribution >= 4 is 52.5 Å². The van der Waals surface area contributed by atoms with Gasteiger partial charge in [-0.25, -0.2) is 0 Å². The van der Waals surface area contributed by atoms with Gasteiger partial charge in [-0.2, -0.15) is 0 Å². The van der Waals surface area contributed by atoms with Gasteiger partial charge in [-0.1, -0.05) is 23.2 Å². The zero-order valence-electron chi connectivity index (χ0n) is 10.4. The maximum atomic E-state index is 11.8. The van der Waals surface area contributed by atoms with Crippen LogP contribution in [0.4, 0.5) is 5.69 Å². The van der Waals surface area contributed by atoms with Crippen LogP contribution >= 0.6 is 35.0 Å². The lowest BCUT2D eigenvalue weighted by Gasteiger charge is -2.23. The molecule has 1 aliphatic heterocycles. The van der Waals surface area contributed by atoms with Crippen molar-refractivity contribution in [3.63, 3.8) is 0 Å². The van der Waals surface area contributed by atoms with Crippen molar-refractivity contribution in [3.8, 4) is 0 Å². The number of rotatable bonds is 4. The molecular formula is C12H13Cl2N3O2S. The number of thioether (sulfide) groups is 1. The summed E-state index contributed by atoms with van der Waals surface area (Å²) in [5, 5.41) is 9.45. The molecule has 1 aromatic rings. The third-order valence-corrected chi connectivity index (χ3v) is 4.17. The van der Waals surface area contributed by atoms with E-state index >= 15 is 0 Å². The van der Waals surface area contributed by atoms with Crippen LogP contribution in [0.25, 0.3) is 0 Å². The molecule has 0 aliphatic carbocycles. The Labute approximate surface area is 130 Å². The second-order valence-corrected chi connectivity index (χ2v) is 6.07. The molecule has 0 bridgehead atoms. The van der Waals surface area contributed by atoms with Gasteiger partial charge in [0, 0.05) is 18.0 Å². The molecule has 2 rings (SSSR count). The number of hydrogen-bond acceptors (Lipinski definition) is 4. The SMILES string of the molecule is O=C(CSC1NCCC(=O)N1)Nc1cc(Cl)ccc1Cl. The molecule has 1 aliphatic rings. The van der Waals surface area contributed by atoms with Crippen LogP contribution in [0.2, 0.25) is 10.0 Å². The summed E-state index contributed by atoms with van der Waals surface area (Å²) in [6.45, 7) is 0.616. The summed E-state index contributed by atoms with van der Waals surface area (Å²) in [5.41, 5.74) is 0.238. The molecule has 8 heteroatoms. The van der Waals surface area contributed by atoms with Crippen molar-refractivity contribution in [2.75, 3.05) is 17.6 Å². The lowest BCUT2D eigenvalue weighted by molar-refractivity contribution is -0.122. The van der Waals surface area contributed by atoms with Gasteiger partial charge in [0.1, 0.15) is 5.50 Å². The Morgan fingerprint density at radius 3 is 3.00 bits per heavy atom. The summed E-state index contributed by atoms with van der Waals surface area (Å²) in [6.07, 6.45) is 0.460. The Morgan fingerprint density at radius 1 is 1.45 bits per heavy atom. The molecule has 2 amide bonds. The largest absolute Gasteiger partial charge is 0.332 e. The first-order valence-corrected chi connectivity index (χ1v) is 7.74. The molecule has 1 unspecified atom stereocenters. The molecule has 0 spiro atoms. The van der Waals surface area contributed by atoms with Gasteiger partial charge in [0.05, 0.1) is 16.5 Å². The van der Waals surface area contributed by atoms with Crippen molar-refractivity contribution in [2.45, 2.75) is 11.9 Å². The molecule has 0 aromatic heterocycles. The van der Waals surface area contributed by atoms with E-state index in [1.807, 2.05) is 0 Å². The normalized spacial score (nSPS) is 18.5. The van der Waals surface area contributed by atoms with Crippen LogP contribution in [0, 0.1) is 0 Å². The number of anilines is 1. The summed E-state index contributed by atoms with van der Waals surface area (Å²) in [4.78, 5) is 23.0. The van der Waals surface area contributed by atoms with Crippen LogP contribution in [0.3, 0.4) is 0 Å². The maximum absolute atomic E-state index is 11.8. The van der Waals surface area contributed by atoms with E-state index in [0.717, 1.165) is 0 Å². The Morgan fingerprint density at radius 2 is 2.25 bits per heavy atom. The number of amides is 2. The van der Waals surface area contributed by atoms with E-state index in [4.69, 9.17) is 23.2 Å². The van der Waals surface area contributed by atoms with E-state index in [2.05, 4.69) is 16.0 Å². The quantitative estimate of drug-likeness (QED) is 0.788. The van der Waals surface area contributed by atoms with Gasteiger partial charge in [-0.05, 0) is 18.2 Å². The average Bonchev–Trinajstić information content (AvgIpc) is 2.41. The highest BCUT2D eigenvalue weighted by Gasteiger charge is 2.18. The Balaban J connectivity index is 1.83. The van der Waals surface area contributed by atoms with Gasteiger partial charge in [0.2, 0.25) is 11.8 Å². The molecule has 1 heterocycles. The van der Waals surface area contributed by atoms with Crippen LogP contribution in [0.5, 0.6) is 0 Å². The Hall–Kier alpha value is -0.950. The standard InChI is InChI=1S/C12H13Cl2N3O2S/c13-7-1-2-8(14)9(5-7)16-11(19)6-20-12-15-4-3-10(18)17-12/h1-2,5,12,15H,3-4,6H2,(H,16,19)(H,17,18). The van der Waals surface area contributed by atoms with Crippen LogP contribution in [-0.4, -0.2) is 29.6 Å².